The number of anilines is 2. The molecule has 0 amide bonds. The lowest BCUT2D eigenvalue weighted by atomic mass is 10.1. The smallest absolute Gasteiger partial charge is 0.222 e. The third-order valence-corrected chi connectivity index (χ3v) is 3.16. The number of nitrogen functional groups attached to an aromatic ring is 1. The van der Waals surface area contributed by atoms with E-state index in [-0.39, 0.29) is 38.7 Å². The topological polar surface area (TPSA) is 104 Å². The van der Waals surface area contributed by atoms with Crippen LogP contribution in [0.5, 0.6) is 0 Å². The molecule has 1 heterocycles. The maximum absolute atomic E-state index is 9.37. The molecule has 0 unspecified atom stereocenters. The largest absolute Gasteiger partial charge is 0.394 e. The van der Waals surface area contributed by atoms with E-state index in [0.29, 0.717) is 11.3 Å². The monoisotopic (exact) mass is 310 g/mol. The van der Waals surface area contributed by atoms with Gasteiger partial charge in [-0.2, -0.15) is 18.5 Å². The van der Waals surface area contributed by atoms with Crippen molar-refractivity contribution in [1.29, 1.82) is 0 Å². The number of nitrogens with zero attached hydrogens (tertiary/aromatic N) is 2. The number of rotatable bonds is 6. The lowest BCUT2D eigenvalue weighted by molar-refractivity contribution is 0.268. The first-order chi connectivity index (χ1) is 9.67. The third-order valence-electron chi connectivity index (χ3n) is 3.16. The number of nitrogens with one attached hydrogen (secondary N) is 1. The Kier molecular flexibility index (Phi) is 6.67. The summed E-state index contributed by atoms with van der Waals surface area (Å²) in [4.78, 5) is 8.39. The highest BCUT2D eigenvalue weighted by atomic mass is 32.1. The zero-order chi connectivity index (χ0) is 14.5. The first kappa shape index (κ1) is 17.5. The van der Waals surface area contributed by atoms with Crippen LogP contribution in [0.25, 0.3) is 10.9 Å². The van der Waals surface area contributed by atoms with Gasteiger partial charge in [-0.25, -0.2) is 4.98 Å². The highest BCUT2D eigenvalue weighted by molar-refractivity contribution is 7.59. The van der Waals surface area contributed by atoms with E-state index in [9.17, 15) is 5.11 Å². The predicted molar refractivity (Wildman–Crippen MR) is 89.7 cm³/mol. The fourth-order valence-electron chi connectivity index (χ4n) is 2.15. The van der Waals surface area contributed by atoms with Gasteiger partial charge >= 0.3 is 0 Å². The second-order valence-electron chi connectivity index (χ2n) is 4.75. The summed E-state index contributed by atoms with van der Waals surface area (Å²) in [5, 5.41) is 22.6. The minimum atomic E-state index is -0.0602. The second-order valence-corrected chi connectivity index (χ2v) is 4.75. The molecular formula is C14H22N4O2S. The lowest BCUT2D eigenvalue weighted by Gasteiger charge is -2.17. The maximum atomic E-state index is 9.37. The minimum Gasteiger partial charge on any atom is -0.394 e. The van der Waals surface area contributed by atoms with E-state index in [1.54, 1.807) is 6.07 Å². The Bertz CT molecular complexity index is 594. The van der Waals surface area contributed by atoms with Crippen LogP contribution in [0.1, 0.15) is 25.3 Å². The number of hydrogen-bond acceptors (Lipinski definition) is 6. The fourth-order valence-corrected chi connectivity index (χ4v) is 2.15. The van der Waals surface area contributed by atoms with Crippen molar-refractivity contribution in [3.05, 3.63) is 23.8 Å². The zero-order valence-corrected chi connectivity index (χ0v) is 13.0. The number of benzene rings is 1. The minimum absolute atomic E-state index is 0. The van der Waals surface area contributed by atoms with Gasteiger partial charge in [-0.1, -0.05) is 19.4 Å². The van der Waals surface area contributed by atoms with E-state index in [1.807, 2.05) is 12.1 Å². The normalized spacial score (nSPS) is 12.0. The van der Waals surface area contributed by atoms with Gasteiger partial charge in [0.25, 0.3) is 0 Å². The van der Waals surface area contributed by atoms with Crippen LogP contribution in [0.2, 0.25) is 0 Å². The van der Waals surface area contributed by atoms with Crippen molar-refractivity contribution in [3.8, 4) is 0 Å². The summed E-state index contributed by atoms with van der Waals surface area (Å²) in [6, 6.07) is 5.39. The Morgan fingerprint density at radius 1 is 1.29 bits per heavy atom. The van der Waals surface area contributed by atoms with Crippen molar-refractivity contribution < 1.29 is 10.2 Å². The van der Waals surface area contributed by atoms with E-state index < -0.39 is 0 Å². The van der Waals surface area contributed by atoms with E-state index in [2.05, 4.69) is 22.2 Å². The molecule has 0 fully saturated rings. The SMILES string of the molecule is CCC[C@@H](CO)Nc1nc(N)nc2cc(CO)ccc12.S. The molecule has 0 spiro atoms. The molecule has 2 aromatic rings. The Morgan fingerprint density at radius 2 is 2.05 bits per heavy atom. The molecule has 2 rings (SSSR count). The zero-order valence-electron chi connectivity index (χ0n) is 12.0. The van der Waals surface area contributed by atoms with Crippen LogP contribution < -0.4 is 11.1 Å². The Morgan fingerprint density at radius 3 is 2.67 bits per heavy atom. The number of aromatic nitrogens is 2. The van der Waals surface area contributed by atoms with Gasteiger partial charge in [-0.05, 0) is 24.1 Å². The molecule has 1 aromatic carbocycles. The van der Waals surface area contributed by atoms with Crippen LogP contribution in [0, 0.1) is 0 Å². The average Bonchev–Trinajstić information content (AvgIpc) is 2.45. The van der Waals surface area contributed by atoms with Crippen molar-refractivity contribution in [3.63, 3.8) is 0 Å². The molecule has 6 nitrogen and oxygen atoms in total. The highest BCUT2D eigenvalue weighted by Crippen LogP contribution is 2.23. The number of aliphatic hydroxyl groups is 2. The van der Waals surface area contributed by atoms with Crippen molar-refractivity contribution in [1.82, 2.24) is 9.97 Å². The predicted octanol–water partition coefficient (Wildman–Crippen LogP) is 1.39. The van der Waals surface area contributed by atoms with Gasteiger partial charge in [0.2, 0.25) is 5.95 Å². The Hall–Kier alpha value is -1.57. The van der Waals surface area contributed by atoms with Gasteiger partial charge in [0.1, 0.15) is 5.82 Å². The van der Waals surface area contributed by atoms with E-state index in [4.69, 9.17) is 10.8 Å². The standard InChI is InChI=1S/C14H20N4O2.H2S/c1-2-3-10(8-20)16-13-11-5-4-9(7-19)6-12(11)17-14(15)18-13;/h4-6,10,19-20H,2-3,7-8H2,1H3,(H3,15,16,17,18);1H2/t10-;/m0./s1. The van der Waals surface area contributed by atoms with E-state index >= 15 is 0 Å². The van der Waals surface area contributed by atoms with Crippen molar-refractivity contribution >= 4 is 36.2 Å². The molecule has 0 aliphatic rings. The molecule has 7 heteroatoms. The van der Waals surface area contributed by atoms with Crippen LogP contribution in [-0.4, -0.2) is 32.8 Å². The first-order valence-electron chi connectivity index (χ1n) is 6.72. The number of fused-ring (bicyclic) bond motifs is 1. The molecule has 5 N–H and O–H groups in total. The molecule has 0 radical (unpaired) electrons. The molecular weight excluding hydrogens is 288 g/mol. The summed E-state index contributed by atoms with van der Waals surface area (Å²) in [6.45, 7) is 2.05. The Labute approximate surface area is 130 Å². The molecule has 116 valence electrons. The summed E-state index contributed by atoms with van der Waals surface area (Å²) >= 11 is 0. The lowest BCUT2D eigenvalue weighted by Crippen LogP contribution is -2.24. The molecule has 0 saturated carbocycles. The second kappa shape index (κ2) is 8.02. The van der Waals surface area contributed by atoms with Crippen molar-refractivity contribution in [2.45, 2.75) is 32.4 Å². The van der Waals surface area contributed by atoms with Crippen LogP contribution in [-0.2, 0) is 6.61 Å². The maximum Gasteiger partial charge on any atom is 0.222 e. The van der Waals surface area contributed by atoms with Crippen LogP contribution in [0.4, 0.5) is 11.8 Å². The van der Waals surface area contributed by atoms with Gasteiger partial charge in [-0.3, -0.25) is 0 Å². The third kappa shape index (κ3) is 4.20. The van der Waals surface area contributed by atoms with E-state index in [0.717, 1.165) is 23.8 Å². The number of aliphatic hydroxyl groups excluding tert-OH is 2. The van der Waals surface area contributed by atoms with Crippen molar-refractivity contribution in [2.75, 3.05) is 17.7 Å². The molecule has 1 atom stereocenters. The summed E-state index contributed by atoms with van der Waals surface area (Å²) in [6.07, 6.45) is 1.81. The summed E-state index contributed by atoms with van der Waals surface area (Å²) < 4.78 is 0. The van der Waals surface area contributed by atoms with Crippen LogP contribution >= 0.6 is 13.5 Å². The Balaban J connectivity index is 0.00000220. The van der Waals surface area contributed by atoms with Crippen LogP contribution in [0.3, 0.4) is 0 Å². The summed E-state index contributed by atoms with van der Waals surface area (Å²) in [5.74, 6) is 0.785. The molecule has 0 aliphatic carbocycles. The van der Waals surface area contributed by atoms with Gasteiger partial charge in [0.15, 0.2) is 0 Å². The quantitative estimate of drug-likeness (QED) is 0.643. The molecule has 0 aliphatic heterocycles. The van der Waals surface area contributed by atoms with E-state index in [1.165, 1.54) is 0 Å². The highest BCUT2D eigenvalue weighted by Gasteiger charge is 2.11. The van der Waals surface area contributed by atoms with Gasteiger partial charge in [0, 0.05) is 5.39 Å². The molecule has 21 heavy (non-hydrogen) atoms. The number of nitrogens with two attached hydrogens (primary N) is 1. The van der Waals surface area contributed by atoms with Gasteiger partial charge < -0.3 is 21.3 Å². The summed E-state index contributed by atoms with van der Waals surface area (Å²) in [5.41, 5.74) is 7.17. The van der Waals surface area contributed by atoms with Gasteiger partial charge in [0.05, 0.1) is 24.8 Å². The first-order valence-corrected chi connectivity index (χ1v) is 6.72. The summed E-state index contributed by atoms with van der Waals surface area (Å²) in [7, 11) is 0. The molecule has 0 bridgehead atoms. The fraction of sp³-hybridized carbons (Fsp3) is 0.429. The molecule has 0 saturated heterocycles. The molecule has 1 aromatic heterocycles. The van der Waals surface area contributed by atoms with Crippen LogP contribution in [0.15, 0.2) is 18.2 Å². The van der Waals surface area contributed by atoms with Crippen molar-refractivity contribution in [2.24, 2.45) is 0 Å². The van der Waals surface area contributed by atoms with Gasteiger partial charge in [-0.15, -0.1) is 0 Å². The number of hydrogen-bond donors (Lipinski definition) is 4. The average molecular weight is 310 g/mol.